The molecule has 1 aliphatic heterocycles. The summed E-state index contributed by atoms with van der Waals surface area (Å²) in [6, 6.07) is 6.00. The lowest BCUT2D eigenvalue weighted by Crippen LogP contribution is -2.13. The molecule has 0 amide bonds. The zero-order valence-electron chi connectivity index (χ0n) is 17.5. The maximum absolute atomic E-state index is 13.1. The SMILES string of the molecule is COc1cc2nc(C)nc(NCc3cc(N)cc(C(F)(F)F)n3)c2cc1S[C@H]1CCOC1. The van der Waals surface area contributed by atoms with Gasteiger partial charge in [-0.3, -0.25) is 0 Å². The third kappa shape index (κ3) is 4.99. The summed E-state index contributed by atoms with van der Waals surface area (Å²) in [5.41, 5.74) is 5.44. The number of aryl methyl sites for hydroxylation is 1. The third-order valence-corrected chi connectivity index (χ3v) is 6.18. The molecular formula is C21H22F3N5O2S. The summed E-state index contributed by atoms with van der Waals surface area (Å²) >= 11 is 1.66. The molecule has 4 rings (SSSR count). The van der Waals surface area contributed by atoms with Gasteiger partial charge in [0, 0.05) is 29.0 Å². The van der Waals surface area contributed by atoms with Crippen molar-refractivity contribution in [1.82, 2.24) is 15.0 Å². The van der Waals surface area contributed by atoms with Crippen LogP contribution in [0.4, 0.5) is 24.7 Å². The molecule has 0 unspecified atom stereocenters. The quantitative estimate of drug-likeness (QED) is 0.552. The molecular weight excluding hydrogens is 443 g/mol. The van der Waals surface area contributed by atoms with Crippen LogP contribution in [0.5, 0.6) is 5.75 Å². The number of nitrogen functional groups attached to an aromatic ring is 1. The molecule has 32 heavy (non-hydrogen) atoms. The normalized spacial score (nSPS) is 16.5. The minimum atomic E-state index is -4.57. The van der Waals surface area contributed by atoms with Crippen LogP contribution in [0.15, 0.2) is 29.2 Å². The van der Waals surface area contributed by atoms with Crippen molar-refractivity contribution in [3.05, 3.63) is 41.5 Å². The fourth-order valence-corrected chi connectivity index (χ4v) is 4.63. The van der Waals surface area contributed by atoms with Gasteiger partial charge in [0.15, 0.2) is 0 Å². The van der Waals surface area contributed by atoms with E-state index in [-0.39, 0.29) is 17.9 Å². The summed E-state index contributed by atoms with van der Waals surface area (Å²) < 4.78 is 50.2. The highest BCUT2D eigenvalue weighted by Crippen LogP contribution is 2.39. The van der Waals surface area contributed by atoms with Gasteiger partial charge in [-0.05, 0) is 31.5 Å². The predicted molar refractivity (Wildman–Crippen MR) is 117 cm³/mol. The Morgan fingerprint density at radius 3 is 2.72 bits per heavy atom. The smallest absolute Gasteiger partial charge is 0.433 e. The zero-order chi connectivity index (χ0) is 22.9. The molecule has 0 bridgehead atoms. The van der Waals surface area contributed by atoms with Crippen LogP contribution in [0.25, 0.3) is 10.9 Å². The number of halogens is 3. The number of hydrogen-bond donors (Lipinski definition) is 2. The van der Waals surface area contributed by atoms with Crippen molar-refractivity contribution >= 4 is 34.2 Å². The Kier molecular flexibility index (Phi) is 6.29. The van der Waals surface area contributed by atoms with Crippen molar-refractivity contribution in [3.63, 3.8) is 0 Å². The van der Waals surface area contributed by atoms with Crippen LogP contribution >= 0.6 is 11.8 Å². The fraction of sp³-hybridized carbons (Fsp3) is 0.381. The van der Waals surface area contributed by atoms with Gasteiger partial charge in [0.1, 0.15) is 23.1 Å². The Morgan fingerprint density at radius 2 is 2.03 bits per heavy atom. The van der Waals surface area contributed by atoms with Gasteiger partial charge in [0.25, 0.3) is 0 Å². The van der Waals surface area contributed by atoms with Gasteiger partial charge >= 0.3 is 6.18 Å². The second-order valence-electron chi connectivity index (χ2n) is 7.37. The van der Waals surface area contributed by atoms with Gasteiger partial charge in [-0.25, -0.2) is 15.0 Å². The second kappa shape index (κ2) is 8.99. The first kappa shape index (κ1) is 22.4. The summed E-state index contributed by atoms with van der Waals surface area (Å²) in [5.74, 6) is 1.71. The van der Waals surface area contributed by atoms with Gasteiger partial charge in [-0.15, -0.1) is 11.8 Å². The summed E-state index contributed by atoms with van der Waals surface area (Å²) in [6.45, 7) is 3.17. The van der Waals surface area contributed by atoms with Crippen LogP contribution in [0.2, 0.25) is 0 Å². The summed E-state index contributed by atoms with van der Waals surface area (Å²) in [5, 5.41) is 4.15. The second-order valence-corrected chi connectivity index (χ2v) is 8.71. The molecule has 0 saturated carbocycles. The standard InChI is InChI=1S/C21H22F3N5O2S/c1-11-27-16-8-17(30-2)18(32-14-3-4-31-10-14)7-15(16)20(28-11)26-9-13-5-12(25)6-19(29-13)21(22,23)24/h5-8,14H,3-4,9-10H2,1-2H3,(H2,25,29)(H,26,27,28)/t14-/m0/s1. The van der Waals surface area contributed by atoms with Gasteiger partial charge < -0.3 is 20.5 Å². The maximum Gasteiger partial charge on any atom is 0.433 e. The lowest BCUT2D eigenvalue weighted by molar-refractivity contribution is -0.141. The number of benzene rings is 1. The third-order valence-electron chi connectivity index (χ3n) is 4.90. The number of nitrogens with one attached hydrogen (secondary N) is 1. The molecule has 3 heterocycles. The average Bonchev–Trinajstić information content (AvgIpc) is 3.24. The highest BCUT2D eigenvalue weighted by molar-refractivity contribution is 8.00. The van der Waals surface area contributed by atoms with Crippen molar-refractivity contribution in [2.24, 2.45) is 0 Å². The number of methoxy groups -OCH3 is 1. The largest absolute Gasteiger partial charge is 0.496 e. The van der Waals surface area contributed by atoms with Crippen LogP contribution < -0.4 is 15.8 Å². The van der Waals surface area contributed by atoms with E-state index in [1.165, 1.54) is 6.07 Å². The number of hydrogen-bond acceptors (Lipinski definition) is 8. The van der Waals surface area contributed by atoms with Crippen molar-refractivity contribution in [3.8, 4) is 5.75 Å². The summed E-state index contributed by atoms with van der Waals surface area (Å²) in [6.07, 6.45) is -3.63. The van der Waals surface area contributed by atoms with E-state index in [1.807, 2.05) is 12.1 Å². The maximum atomic E-state index is 13.1. The van der Waals surface area contributed by atoms with Gasteiger partial charge in [0.2, 0.25) is 0 Å². The Bertz CT molecular complexity index is 1140. The first-order valence-electron chi connectivity index (χ1n) is 9.91. The Labute approximate surface area is 186 Å². The molecule has 1 saturated heterocycles. The van der Waals surface area contributed by atoms with Crippen molar-refractivity contribution in [2.45, 2.75) is 36.2 Å². The van der Waals surface area contributed by atoms with Gasteiger partial charge in [-0.2, -0.15) is 13.2 Å². The van der Waals surface area contributed by atoms with Crippen LogP contribution in [0.1, 0.15) is 23.6 Å². The molecule has 11 heteroatoms. The first-order valence-corrected chi connectivity index (χ1v) is 10.8. The molecule has 3 aromatic rings. The Balaban J connectivity index is 1.67. The number of pyridine rings is 1. The minimum absolute atomic E-state index is 0.00458. The van der Waals surface area contributed by atoms with Crippen LogP contribution in [0.3, 0.4) is 0 Å². The Morgan fingerprint density at radius 1 is 1.22 bits per heavy atom. The number of ether oxygens (including phenoxy) is 2. The van der Waals surface area contributed by atoms with Crippen LogP contribution in [0, 0.1) is 6.92 Å². The van der Waals surface area contributed by atoms with E-state index < -0.39 is 11.9 Å². The molecule has 0 aliphatic carbocycles. The molecule has 3 N–H and O–H groups in total. The summed E-state index contributed by atoms with van der Waals surface area (Å²) in [7, 11) is 1.60. The molecule has 0 radical (unpaired) electrons. The number of alkyl halides is 3. The number of aromatic nitrogens is 3. The number of anilines is 2. The average molecular weight is 466 g/mol. The number of fused-ring (bicyclic) bond motifs is 1. The molecule has 7 nitrogen and oxygen atoms in total. The van der Waals surface area contributed by atoms with Gasteiger partial charge in [0.05, 0.1) is 36.4 Å². The van der Waals surface area contributed by atoms with E-state index >= 15 is 0 Å². The van der Waals surface area contributed by atoms with E-state index in [1.54, 1.807) is 25.8 Å². The van der Waals surface area contributed by atoms with Crippen molar-refractivity contribution in [2.75, 3.05) is 31.4 Å². The molecule has 2 aromatic heterocycles. The van der Waals surface area contributed by atoms with Crippen LogP contribution in [-0.4, -0.2) is 40.5 Å². The summed E-state index contributed by atoms with van der Waals surface area (Å²) in [4.78, 5) is 13.6. The monoisotopic (exact) mass is 465 g/mol. The molecule has 170 valence electrons. The molecule has 0 spiro atoms. The molecule has 1 aliphatic rings. The zero-order valence-corrected chi connectivity index (χ0v) is 18.3. The van der Waals surface area contributed by atoms with E-state index in [2.05, 4.69) is 20.3 Å². The van der Waals surface area contributed by atoms with Crippen molar-refractivity contribution < 1.29 is 22.6 Å². The first-order chi connectivity index (χ1) is 15.2. The lowest BCUT2D eigenvalue weighted by atomic mass is 10.2. The highest BCUT2D eigenvalue weighted by atomic mass is 32.2. The minimum Gasteiger partial charge on any atom is -0.496 e. The molecule has 1 fully saturated rings. The van der Waals surface area contributed by atoms with Crippen LogP contribution in [-0.2, 0) is 17.5 Å². The van der Waals surface area contributed by atoms with E-state index in [9.17, 15) is 13.2 Å². The topological polar surface area (TPSA) is 95.2 Å². The number of rotatable bonds is 6. The Hall–Kier alpha value is -2.79. The molecule has 1 aromatic carbocycles. The van der Waals surface area contributed by atoms with E-state index in [0.29, 0.717) is 34.8 Å². The van der Waals surface area contributed by atoms with E-state index in [0.717, 1.165) is 29.4 Å². The number of nitrogens with two attached hydrogens (primary N) is 1. The number of nitrogens with zero attached hydrogens (tertiary/aromatic N) is 3. The highest BCUT2D eigenvalue weighted by Gasteiger charge is 2.33. The predicted octanol–water partition coefficient (Wildman–Crippen LogP) is 4.44. The number of thioether (sulfide) groups is 1. The fourth-order valence-electron chi connectivity index (χ4n) is 3.45. The van der Waals surface area contributed by atoms with E-state index in [4.69, 9.17) is 15.2 Å². The lowest BCUT2D eigenvalue weighted by Gasteiger charge is -2.15. The molecule has 1 atom stereocenters. The van der Waals surface area contributed by atoms with Gasteiger partial charge in [-0.1, -0.05) is 0 Å². The van der Waals surface area contributed by atoms with Crippen molar-refractivity contribution in [1.29, 1.82) is 0 Å².